The number of hydrogen-bond acceptors (Lipinski definition) is 4. The van der Waals surface area contributed by atoms with E-state index in [1.54, 1.807) is 42.6 Å². The van der Waals surface area contributed by atoms with Crippen molar-refractivity contribution in [3.8, 4) is 0 Å². The molecule has 2 heterocycles. The molecule has 0 saturated carbocycles. The average molecular weight is 320 g/mol. The summed E-state index contributed by atoms with van der Waals surface area (Å²) in [7, 11) is -3.34. The zero-order valence-corrected chi connectivity index (χ0v) is 12.5. The van der Waals surface area contributed by atoms with Crippen LogP contribution in [0, 0.1) is 4.64 Å². The maximum absolute atomic E-state index is 12.2. The minimum Gasteiger partial charge on any atom is -0.352 e. The van der Waals surface area contributed by atoms with E-state index in [-0.39, 0.29) is 16.6 Å². The number of hydrogen-bond donors (Lipinski definition) is 2. The van der Waals surface area contributed by atoms with Gasteiger partial charge in [0.1, 0.15) is 4.64 Å². The van der Waals surface area contributed by atoms with E-state index in [1.165, 1.54) is 0 Å². The Morgan fingerprint density at radius 1 is 1.24 bits per heavy atom. The van der Waals surface area contributed by atoms with Crippen molar-refractivity contribution in [3.05, 3.63) is 58.4 Å². The molecule has 0 bridgehead atoms. The Bertz CT molecular complexity index is 872. The van der Waals surface area contributed by atoms with Crippen molar-refractivity contribution < 1.29 is 13.2 Å². The summed E-state index contributed by atoms with van der Waals surface area (Å²) in [5.41, 5.74) is 0.950. The first-order valence-corrected chi connectivity index (χ1v) is 8.35. The zero-order chi connectivity index (χ0) is 15.0. The lowest BCUT2D eigenvalue weighted by molar-refractivity contribution is 0.0940. The van der Waals surface area contributed by atoms with Gasteiger partial charge in [-0.2, -0.15) is 0 Å². The standard InChI is InChI=1S/C14H12N2O3S2/c17-13(10-5-3-7-15-14(10)20)16-11-8-21(18,19)12-6-2-1-4-9(11)12/h1-7,11H,8H2,(H,15,20)(H,16,17)/t11-/m0/s1. The fourth-order valence-electron chi connectivity index (χ4n) is 2.41. The summed E-state index contributed by atoms with van der Waals surface area (Å²) in [6, 6.07) is 9.44. The van der Waals surface area contributed by atoms with Gasteiger partial charge in [-0.1, -0.05) is 30.4 Å². The fraction of sp³-hybridized carbons (Fsp3) is 0.143. The second-order valence-electron chi connectivity index (χ2n) is 4.76. The van der Waals surface area contributed by atoms with Gasteiger partial charge in [0.05, 0.1) is 22.3 Å². The van der Waals surface area contributed by atoms with Crippen LogP contribution < -0.4 is 5.32 Å². The van der Waals surface area contributed by atoms with Gasteiger partial charge in [-0.05, 0) is 23.8 Å². The number of fused-ring (bicyclic) bond motifs is 1. The SMILES string of the molecule is O=C(N[C@H]1CS(=O)(=O)c2ccccc21)c1ccc[nH]c1=S. The Hall–Kier alpha value is -1.99. The fourth-order valence-corrected chi connectivity index (χ4v) is 4.37. The lowest BCUT2D eigenvalue weighted by Gasteiger charge is -2.12. The van der Waals surface area contributed by atoms with E-state index in [1.807, 2.05) is 0 Å². The number of carbonyl (C=O) groups excluding carboxylic acids is 1. The molecule has 2 N–H and O–H groups in total. The molecule has 1 aromatic heterocycles. The first-order valence-electron chi connectivity index (χ1n) is 6.29. The van der Waals surface area contributed by atoms with Crippen LogP contribution in [-0.4, -0.2) is 25.1 Å². The summed E-state index contributed by atoms with van der Waals surface area (Å²) in [5, 5.41) is 2.74. The molecule has 3 rings (SSSR count). The third-order valence-corrected chi connectivity index (χ3v) is 5.54. The van der Waals surface area contributed by atoms with Gasteiger partial charge in [0.15, 0.2) is 9.84 Å². The second kappa shape index (κ2) is 5.09. The molecule has 0 spiro atoms. The second-order valence-corrected chi connectivity index (χ2v) is 7.17. The Morgan fingerprint density at radius 3 is 2.76 bits per heavy atom. The van der Waals surface area contributed by atoms with E-state index in [2.05, 4.69) is 10.3 Å². The van der Waals surface area contributed by atoms with E-state index in [9.17, 15) is 13.2 Å². The number of nitrogens with one attached hydrogen (secondary N) is 2. The number of aromatic amines is 1. The molecule has 108 valence electrons. The maximum atomic E-state index is 12.2. The molecule has 7 heteroatoms. The summed E-state index contributed by atoms with van der Waals surface area (Å²) >= 11 is 5.06. The average Bonchev–Trinajstić information content (AvgIpc) is 2.71. The summed E-state index contributed by atoms with van der Waals surface area (Å²) in [5.74, 6) is -0.504. The highest BCUT2D eigenvalue weighted by molar-refractivity contribution is 7.91. The van der Waals surface area contributed by atoms with Crippen LogP contribution in [0.15, 0.2) is 47.5 Å². The molecule has 0 aliphatic carbocycles. The first kappa shape index (κ1) is 14.0. The molecule has 21 heavy (non-hydrogen) atoms. The predicted octanol–water partition coefficient (Wildman–Crippen LogP) is 2.00. The molecular formula is C14H12N2O3S2. The van der Waals surface area contributed by atoms with Crippen LogP contribution in [0.1, 0.15) is 22.0 Å². The van der Waals surface area contributed by atoms with Gasteiger partial charge in [-0.25, -0.2) is 8.42 Å². The minimum atomic E-state index is -3.34. The van der Waals surface area contributed by atoms with Crippen molar-refractivity contribution in [3.63, 3.8) is 0 Å². The molecule has 0 fully saturated rings. The Kier molecular flexibility index (Phi) is 3.38. The van der Waals surface area contributed by atoms with Gasteiger partial charge >= 0.3 is 0 Å². The summed E-state index contributed by atoms with van der Waals surface area (Å²) in [6.45, 7) is 0. The lowest BCUT2D eigenvalue weighted by atomic mass is 10.1. The molecule has 1 atom stereocenters. The topological polar surface area (TPSA) is 79.0 Å². The first-order chi connectivity index (χ1) is 9.99. The normalized spacial score (nSPS) is 19.0. The van der Waals surface area contributed by atoms with Gasteiger partial charge in [0.2, 0.25) is 0 Å². The van der Waals surface area contributed by atoms with Gasteiger partial charge in [0, 0.05) is 6.20 Å². The summed E-state index contributed by atoms with van der Waals surface area (Å²) in [6.07, 6.45) is 1.63. The van der Waals surface area contributed by atoms with Gasteiger partial charge in [-0.3, -0.25) is 4.79 Å². The summed E-state index contributed by atoms with van der Waals surface area (Å²) in [4.78, 5) is 15.3. The number of aromatic nitrogens is 1. The molecule has 1 aliphatic heterocycles. The Labute approximate surface area is 126 Å². The highest BCUT2D eigenvalue weighted by atomic mass is 32.2. The van der Waals surface area contributed by atoms with Crippen LogP contribution in [0.2, 0.25) is 0 Å². The maximum Gasteiger partial charge on any atom is 0.254 e. The van der Waals surface area contributed by atoms with E-state index in [4.69, 9.17) is 12.2 Å². The monoisotopic (exact) mass is 320 g/mol. The van der Waals surface area contributed by atoms with Crippen molar-refractivity contribution in [2.24, 2.45) is 0 Å². The molecule has 0 saturated heterocycles. The van der Waals surface area contributed by atoms with Crippen molar-refractivity contribution in [1.29, 1.82) is 0 Å². The van der Waals surface area contributed by atoms with Crippen LogP contribution >= 0.6 is 12.2 Å². The van der Waals surface area contributed by atoms with Gasteiger partial charge in [-0.15, -0.1) is 0 Å². The van der Waals surface area contributed by atoms with Gasteiger partial charge < -0.3 is 10.3 Å². The van der Waals surface area contributed by atoms with Crippen LogP contribution in [-0.2, 0) is 9.84 Å². The van der Waals surface area contributed by atoms with Crippen molar-refractivity contribution in [2.45, 2.75) is 10.9 Å². The highest BCUT2D eigenvalue weighted by Crippen LogP contribution is 2.33. The highest BCUT2D eigenvalue weighted by Gasteiger charge is 2.35. The molecule has 1 amide bonds. The van der Waals surface area contributed by atoms with E-state index < -0.39 is 15.9 Å². The van der Waals surface area contributed by atoms with Crippen LogP contribution in [0.5, 0.6) is 0 Å². The molecule has 1 aliphatic rings. The predicted molar refractivity (Wildman–Crippen MR) is 80.3 cm³/mol. The van der Waals surface area contributed by atoms with Crippen LogP contribution in [0.3, 0.4) is 0 Å². The Balaban J connectivity index is 1.93. The number of carbonyl (C=O) groups is 1. The number of sulfone groups is 1. The third-order valence-electron chi connectivity index (χ3n) is 3.38. The number of benzene rings is 1. The molecule has 0 unspecified atom stereocenters. The smallest absolute Gasteiger partial charge is 0.254 e. The van der Waals surface area contributed by atoms with E-state index in [0.29, 0.717) is 15.8 Å². The molecule has 2 aromatic rings. The number of amides is 1. The largest absolute Gasteiger partial charge is 0.352 e. The quantitative estimate of drug-likeness (QED) is 0.830. The number of pyridine rings is 1. The van der Waals surface area contributed by atoms with E-state index in [0.717, 1.165) is 0 Å². The van der Waals surface area contributed by atoms with E-state index >= 15 is 0 Å². The molecular weight excluding hydrogens is 308 g/mol. The number of H-pyrrole nitrogens is 1. The van der Waals surface area contributed by atoms with Gasteiger partial charge in [0.25, 0.3) is 5.91 Å². The third kappa shape index (κ3) is 2.50. The van der Waals surface area contributed by atoms with Crippen molar-refractivity contribution in [2.75, 3.05) is 5.75 Å². The molecule has 5 nitrogen and oxygen atoms in total. The van der Waals surface area contributed by atoms with Crippen molar-refractivity contribution in [1.82, 2.24) is 10.3 Å². The van der Waals surface area contributed by atoms with Crippen molar-refractivity contribution >= 4 is 28.0 Å². The molecule has 0 radical (unpaired) electrons. The lowest BCUT2D eigenvalue weighted by Crippen LogP contribution is -2.29. The van der Waals surface area contributed by atoms with Crippen LogP contribution in [0.25, 0.3) is 0 Å². The summed E-state index contributed by atoms with van der Waals surface area (Å²) < 4.78 is 24.5. The van der Waals surface area contributed by atoms with Crippen LogP contribution in [0.4, 0.5) is 0 Å². The minimum absolute atomic E-state index is 0.124. The molecule has 1 aromatic carbocycles. The number of rotatable bonds is 2. The zero-order valence-electron chi connectivity index (χ0n) is 10.9. The Morgan fingerprint density at radius 2 is 2.00 bits per heavy atom.